The summed E-state index contributed by atoms with van der Waals surface area (Å²) < 4.78 is 6.66. The van der Waals surface area contributed by atoms with Crippen LogP contribution in [0.3, 0.4) is 0 Å². The molecule has 0 N–H and O–H groups in total. The average molecular weight is 356 g/mol. The molecule has 1 aromatic heterocycles. The van der Waals surface area contributed by atoms with Crippen molar-refractivity contribution in [2.75, 3.05) is 32.1 Å². The second kappa shape index (κ2) is 7.19. The van der Waals surface area contributed by atoms with Crippen molar-refractivity contribution in [3.8, 4) is 5.88 Å². The van der Waals surface area contributed by atoms with E-state index in [1.165, 1.54) is 27.8 Å². The predicted molar refractivity (Wildman–Crippen MR) is 98.6 cm³/mol. The number of hydrogen-bond acceptors (Lipinski definition) is 4. The molecule has 138 valence electrons. The van der Waals surface area contributed by atoms with Crippen LogP contribution in [0, 0.1) is 6.92 Å². The van der Waals surface area contributed by atoms with Gasteiger partial charge in [0.1, 0.15) is 12.1 Å². The molecule has 0 saturated carbocycles. The lowest BCUT2D eigenvalue weighted by molar-refractivity contribution is -0.119. The highest BCUT2D eigenvalue weighted by Gasteiger charge is 2.26. The van der Waals surface area contributed by atoms with Gasteiger partial charge in [-0.2, -0.15) is 0 Å². The molecule has 0 aliphatic carbocycles. The fourth-order valence-corrected chi connectivity index (χ4v) is 3.32. The van der Waals surface area contributed by atoms with Gasteiger partial charge in [0.15, 0.2) is 0 Å². The first-order valence-corrected chi connectivity index (χ1v) is 8.63. The van der Waals surface area contributed by atoms with Gasteiger partial charge < -0.3 is 14.5 Å². The topological polar surface area (TPSA) is 67.7 Å². The van der Waals surface area contributed by atoms with E-state index in [1.807, 2.05) is 12.1 Å². The minimum atomic E-state index is -0.288. The SMILES string of the molecule is COc1nn(C)cc1C(=O)N(C)CC(=O)N1CCCc2cc(C)ccc21. The summed E-state index contributed by atoms with van der Waals surface area (Å²) in [6.45, 7) is 2.73. The van der Waals surface area contributed by atoms with Crippen molar-refractivity contribution in [3.05, 3.63) is 41.1 Å². The van der Waals surface area contributed by atoms with E-state index in [9.17, 15) is 9.59 Å². The standard InChI is InChI=1S/C19H24N4O3/c1-13-7-8-16-14(10-13)6-5-9-23(16)17(24)12-21(2)19(25)15-11-22(3)20-18(15)26-4/h7-8,10-11H,5-6,9,12H2,1-4H3. The van der Waals surface area contributed by atoms with E-state index in [2.05, 4.69) is 18.1 Å². The van der Waals surface area contributed by atoms with Crippen molar-refractivity contribution in [3.63, 3.8) is 0 Å². The third-order valence-corrected chi connectivity index (χ3v) is 4.59. The second-order valence-corrected chi connectivity index (χ2v) is 6.67. The summed E-state index contributed by atoms with van der Waals surface area (Å²) in [5, 5.41) is 4.09. The van der Waals surface area contributed by atoms with Crippen molar-refractivity contribution in [1.82, 2.24) is 14.7 Å². The number of carbonyl (C=O) groups excluding carboxylic acids is 2. The summed E-state index contributed by atoms with van der Waals surface area (Å²) >= 11 is 0. The molecule has 0 unspecified atom stereocenters. The lowest BCUT2D eigenvalue weighted by atomic mass is 9.99. The zero-order valence-electron chi connectivity index (χ0n) is 15.7. The maximum absolute atomic E-state index is 12.8. The van der Waals surface area contributed by atoms with Crippen LogP contribution in [0.5, 0.6) is 5.88 Å². The van der Waals surface area contributed by atoms with Crippen LogP contribution in [0.25, 0.3) is 0 Å². The molecule has 7 heteroatoms. The van der Waals surface area contributed by atoms with E-state index in [1.54, 1.807) is 25.2 Å². The number of nitrogens with zero attached hydrogens (tertiary/aromatic N) is 4. The molecule has 0 atom stereocenters. The highest BCUT2D eigenvalue weighted by atomic mass is 16.5. The number of methoxy groups -OCH3 is 1. The molecular weight excluding hydrogens is 332 g/mol. The summed E-state index contributed by atoms with van der Waals surface area (Å²) in [5.41, 5.74) is 3.67. The molecule has 1 aliphatic rings. The lowest BCUT2D eigenvalue weighted by Crippen LogP contribution is -2.43. The molecule has 0 saturated heterocycles. The molecule has 2 heterocycles. The minimum absolute atomic E-state index is 0.00417. The van der Waals surface area contributed by atoms with Gasteiger partial charge in [0.25, 0.3) is 5.91 Å². The summed E-state index contributed by atoms with van der Waals surface area (Å²) in [7, 11) is 4.81. The monoisotopic (exact) mass is 356 g/mol. The predicted octanol–water partition coefficient (Wildman–Crippen LogP) is 1.79. The lowest BCUT2D eigenvalue weighted by Gasteiger charge is -2.31. The maximum Gasteiger partial charge on any atom is 0.261 e. The first-order chi connectivity index (χ1) is 12.4. The highest BCUT2D eigenvalue weighted by Crippen LogP contribution is 2.28. The van der Waals surface area contributed by atoms with E-state index in [-0.39, 0.29) is 24.2 Å². The smallest absolute Gasteiger partial charge is 0.261 e. The third kappa shape index (κ3) is 3.42. The Morgan fingerprint density at radius 1 is 1.35 bits per heavy atom. The van der Waals surface area contributed by atoms with E-state index >= 15 is 0 Å². The number of fused-ring (bicyclic) bond motifs is 1. The number of rotatable bonds is 4. The number of aromatic nitrogens is 2. The van der Waals surface area contributed by atoms with E-state index in [4.69, 9.17) is 4.74 Å². The summed E-state index contributed by atoms with van der Waals surface area (Å²) in [4.78, 5) is 28.7. The van der Waals surface area contributed by atoms with Gasteiger partial charge in [-0.25, -0.2) is 0 Å². The summed E-state index contributed by atoms with van der Waals surface area (Å²) in [6.07, 6.45) is 3.50. The number of hydrogen-bond donors (Lipinski definition) is 0. The number of ether oxygens (including phenoxy) is 1. The maximum atomic E-state index is 12.8. The van der Waals surface area contributed by atoms with Crippen molar-refractivity contribution < 1.29 is 14.3 Å². The Balaban J connectivity index is 1.75. The van der Waals surface area contributed by atoms with Gasteiger partial charge in [0.2, 0.25) is 11.8 Å². The van der Waals surface area contributed by atoms with E-state index in [0.717, 1.165) is 18.5 Å². The Labute approximate surface area is 153 Å². The van der Waals surface area contributed by atoms with Crippen molar-refractivity contribution in [1.29, 1.82) is 0 Å². The molecule has 26 heavy (non-hydrogen) atoms. The van der Waals surface area contributed by atoms with Gasteiger partial charge in [-0.05, 0) is 31.4 Å². The Morgan fingerprint density at radius 3 is 2.85 bits per heavy atom. The average Bonchev–Trinajstić information content (AvgIpc) is 3.00. The van der Waals surface area contributed by atoms with Crippen LogP contribution in [0.15, 0.2) is 24.4 Å². The Kier molecular flexibility index (Phi) is 4.97. The zero-order valence-corrected chi connectivity index (χ0v) is 15.7. The van der Waals surface area contributed by atoms with Crippen LogP contribution in [0.1, 0.15) is 27.9 Å². The fourth-order valence-electron chi connectivity index (χ4n) is 3.32. The Bertz CT molecular complexity index is 843. The fraction of sp³-hybridized carbons (Fsp3) is 0.421. The van der Waals surface area contributed by atoms with Gasteiger partial charge >= 0.3 is 0 Å². The van der Waals surface area contributed by atoms with Crippen LogP contribution in [0.4, 0.5) is 5.69 Å². The normalized spacial score (nSPS) is 13.3. The molecule has 3 rings (SSSR count). The Morgan fingerprint density at radius 2 is 2.12 bits per heavy atom. The van der Waals surface area contributed by atoms with Gasteiger partial charge in [-0.15, -0.1) is 5.10 Å². The molecule has 2 aromatic rings. The number of carbonyl (C=O) groups is 2. The van der Waals surface area contributed by atoms with Crippen molar-refractivity contribution >= 4 is 17.5 Å². The molecule has 1 aromatic carbocycles. The molecule has 0 radical (unpaired) electrons. The first kappa shape index (κ1) is 18.0. The van der Waals surface area contributed by atoms with Crippen LogP contribution in [-0.4, -0.2) is 53.7 Å². The van der Waals surface area contributed by atoms with E-state index < -0.39 is 0 Å². The number of aryl methyl sites for hydroxylation is 3. The van der Waals surface area contributed by atoms with Crippen molar-refractivity contribution in [2.24, 2.45) is 7.05 Å². The third-order valence-electron chi connectivity index (χ3n) is 4.59. The number of likely N-dealkylation sites (N-methyl/N-ethyl adjacent to an activating group) is 1. The van der Waals surface area contributed by atoms with Gasteiger partial charge in [0.05, 0.1) is 7.11 Å². The van der Waals surface area contributed by atoms with Gasteiger partial charge in [0, 0.05) is 32.5 Å². The number of amides is 2. The molecule has 0 fully saturated rings. The van der Waals surface area contributed by atoms with Crippen LogP contribution < -0.4 is 9.64 Å². The summed E-state index contributed by atoms with van der Waals surface area (Å²) in [5.74, 6) is -0.117. The quantitative estimate of drug-likeness (QED) is 0.838. The molecule has 0 spiro atoms. The van der Waals surface area contributed by atoms with Crippen molar-refractivity contribution in [2.45, 2.75) is 19.8 Å². The molecule has 0 bridgehead atoms. The van der Waals surface area contributed by atoms with Crippen LogP contribution in [0.2, 0.25) is 0 Å². The largest absolute Gasteiger partial charge is 0.479 e. The molecule has 1 aliphatic heterocycles. The van der Waals surface area contributed by atoms with Gasteiger partial charge in [-0.1, -0.05) is 17.7 Å². The first-order valence-electron chi connectivity index (χ1n) is 8.63. The highest BCUT2D eigenvalue weighted by molar-refractivity contribution is 6.01. The minimum Gasteiger partial charge on any atom is -0.479 e. The van der Waals surface area contributed by atoms with Crippen LogP contribution in [-0.2, 0) is 18.3 Å². The molecular formula is C19H24N4O3. The summed E-state index contributed by atoms with van der Waals surface area (Å²) in [6, 6.07) is 6.14. The second-order valence-electron chi connectivity index (χ2n) is 6.67. The number of anilines is 1. The van der Waals surface area contributed by atoms with Crippen LogP contribution >= 0.6 is 0 Å². The number of benzene rings is 1. The Hall–Kier alpha value is -2.83. The van der Waals surface area contributed by atoms with E-state index in [0.29, 0.717) is 12.1 Å². The molecule has 7 nitrogen and oxygen atoms in total. The van der Waals surface area contributed by atoms with Gasteiger partial charge in [-0.3, -0.25) is 14.3 Å². The molecule has 2 amide bonds. The zero-order chi connectivity index (χ0) is 18.8.